The number of aliphatic hydroxyl groups excluding tert-OH is 2. The second-order valence-corrected chi connectivity index (χ2v) is 11.4. The van der Waals surface area contributed by atoms with Gasteiger partial charge in [-0.2, -0.15) is 0 Å². The van der Waals surface area contributed by atoms with Crippen LogP contribution in [-0.2, 0) is 4.74 Å². The van der Waals surface area contributed by atoms with Crippen LogP contribution in [0.1, 0.15) is 18.5 Å². The molecule has 132 valence electrons. The van der Waals surface area contributed by atoms with Crippen molar-refractivity contribution < 1.29 is 14.9 Å². The number of nitrogens with two attached hydrogens (primary N) is 1. The Morgan fingerprint density at radius 1 is 1.38 bits per heavy atom. The number of imidazole rings is 1. The minimum Gasteiger partial charge on any atom is -0.397 e. The first kappa shape index (κ1) is 17.4. The van der Waals surface area contributed by atoms with Crippen molar-refractivity contribution in [2.75, 3.05) is 25.2 Å². The number of nitrogen functional groups attached to an aromatic ring is 1. The third-order valence-corrected chi connectivity index (χ3v) is 5.87. The molecule has 8 heteroatoms. The molecule has 1 aliphatic rings. The quantitative estimate of drug-likeness (QED) is 0.710. The highest BCUT2D eigenvalue weighted by molar-refractivity contribution is 7.72. The molecule has 1 saturated heterocycles. The zero-order chi connectivity index (χ0) is 17.6. The van der Waals surface area contributed by atoms with Gasteiger partial charge in [0, 0.05) is 6.20 Å². The van der Waals surface area contributed by atoms with E-state index in [1.54, 1.807) is 16.8 Å². The molecule has 7 nitrogen and oxygen atoms in total. The first-order valence-corrected chi connectivity index (χ1v) is 11.0. The highest BCUT2D eigenvalue weighted by Gasteiger charge is 2.44. The molecule has 0 saturated carbocycles. The molecule has 4 N–H and O–H groups in total. The topological polar surface area (TPSA) is 106 Å². The average molecular weight is 352 g/mol. The van der Waals surface area contributed by atoms with Crippen LogP contribution in [0, 0.1) is 6.92 Å². The van der Waals surface area contributed by atoms with Crippen molar-refractivity contribution in [2.24, 2.45) is 0 Å². The predicted molar refractivity (Wildman–Crippen MR) is 98.0 cm³/mol. The van der Waals surface area contributed by atoms with Crippen molar-refractivity contribution in [3.05, 3.63) is 18.1 Å². The third kappa shape index (κ3) is 3.09. The van der Waals surface area contributed by atoms with Crippen molar-refractivity contribution in [2.45, 2.75) is 37.9 Å². The van der Waals surface area contributed by atoms with Gasteiger partial charge in [0.1, 0.15) is 23.5 Å². The van der Waals surface area contributed by atoms with Crippen molar-refractivity contribution >= 4 is 30.0 Å². The van der Waals surface area contributed by atoms with E-state index in [9.17, 15) is 10.2 Å². The van der Waals surface area contributed by atoms with Crippen molar-refractivity contribution in [1.82, 2.24) is 14.5 Å². The normalized spacial score (nSPS) is 27.9. The number of anilines is 1. The van der Waals surface area contributed by atoms with Gasteiger partial charge in [-0.25, -0.2) is 9.97 Å². The Morgan fingerprint density at radius 2 is 2.08 bits per heavy atom. The van der Waals surface area contributed by atoms with E-state index in [-0.39, 0.29) is 0 Å². The van der Waals surface area contributed by atoms with E-state index in [1.807, 2.05) is 6.92 Å². The number of nitrogens with zero attached hydrogens (tertiary/aromatic N) is 3. The Balaban J connectivity index is 1.92. The summed E-state index contributed by atoms with van der Waals surface area (Å²) in [5.41, 5.74) is 7.60. The zero-order valence-corrected chi connectivity index (χ0v) is 15.1. The lowest BCUT2D eigenvalue weighted by Gasteiger charge is -2.19. The number of fused-ring (bicyclic) bond motifs is 1. The summed E-state index contributed by atoms with van der Waals surface area (Å²) < 4.78 is 7.70. The number of pyridine rings is 1. The maximum Gasteiger partial charge on any atom is 0.165 e. The van der Waals surface area contributed by atoms with Crippen molar-refractivity contribution in [1.29, 1.82) is 0 Å². The number of aliphatic hydroxyl groups is 2. The lowest BCUT2D eigenvalue weighted by Crippen LogP contribution is -2.32. The van der Waals surface area contributed by atoms with Gasteiger partial charge >= 0.3 is 0 Å². The number of hydrogen-bond donors (Lipinski definition) is 3. The van der Waals surface area contributed by atoms with Crippen LogP contribution in [0.2, 0.25) is 0 Å². The van der Waals surface area contributed by atoms with Crippen molar-refractivity contribution in [3.8, 4) is 0 Å². The second-order valence-electron chi connectivity index (χ2n) is 7.10. The Hall–Kier alpha value is -1.40. The Morgan fingerprint density at radius 3 is 2.75 bits per heavy atom. The molecule has 0 bridgehead atoms. The number of rotatable bonds is 4. The fraction of sp³-hybridized carbons (Fsp3) is 0.562. The summed E-state index contributed by atoms with van der Waals surface area (Å²) >= 11 is 0. The van der Waals surface area contributed by atoms with E-state index < -0.39 is 31.4 Å². The minimum atomic E-state index is -1.22. The van der Waals surface area contributed by atoms with Gasteiger partial charge in [-0.05, 0) is 38.9 Å². The largest absolute Gasteiger partial charge is 0.397 e. The van der Waals surface area contributed by atoms with Crippen LogP contribution in [0.5, 0.6) is 0 Å². The maximum absolute atomic E-state index is 10.5. The number of ether oxygens (including phenoxy) is 1. The Bertz CT molecular complexity index is 800. The molecule has 2 aromatic rings. The highest BCUT2D eigenvalue weighted by Crippen LogP contribution is 2.40. The molecular formula is C16H25N4O3P. The van der Waals surface area contributed by atoms with Crippen LogP contribution in [0.4, 0.5) is 5.69 Å². The van der Waals surface area contributed by atoms with E-state index in [4.69, 9.17) is 10.5 Å². The monoisotopic (exact) mass is 352 g/mol. The summed E-state index contributed by atoms with van der Waals surface area (Å²) in [6.07, 6.45) is 4.20. The molecule has 1 unspecified atom stereocenters. The van der Waals surface area contributed by atoms with Gasteiger partial charge in [0.05, 0.1) is 11.8 Å². The molecule has 0 aliphatic carbocycles. The third-order valence-electron chi connectivity index (χ3n) is 4.40. The molecule has 1 aliphatic heterocycles. The van der Waals surface area contributed by atoms with Crippen LogP contribution in [-0.4, -0.2) is 68.9 Å². The van der Waals surface area contributed by atoms with Gasteiger partial charge in [-0.3, -0.25) is 4.57 Å². The molecule has 3 heterocycles. The molecule has 2 aromatic heterocycles. The van der Waals surface area contributed by atoms with Crippen LogP contribution in [0.25, 0.3) is 11.2 Å². The van der Waals surface area contributed by atoms with E-state index in [0.29, 0.717) is 29.1 Å². The molecule has 1 fully saturated rings. The van der Waals surface area contributed by atoms with E-state index >= 15 is 0 Å². The summed E-state index contributed by atoms with van der Waals surface area (Å²) in [5, 5.41) is 20.9. The lowest BCUT2D eigenvalue weighted by molar-refractivity contribution is -0.0363. The van der Waals surface area contributed by atoms with E-state index in [1.165, 1.54) is 0 Å². The van der Waals surface area contributed by atoms with E-state index in [2.05, 4.69) is 29.6 Å². The Labute approximate surface area is 141 Å². The zero-order valence-electron chi connectivity index (χ0n) is 14.3. The van der Waals surface area contributed by atoms with Gasteiger partial charge in [0.2, 0.25) is 0 Å². The predicted octanol–water partition coefficient (Wildman–Crippen LogP) is 1.04. The standard InChI is InChI=1S/C16H25N4O3P/c1-9-19-12-10(17)5-7-18-15(12)20(9)16-14(22)13(21)11(23-16)6-8-24(2,3)4/h5,7,11,13-14,16,21-22H,2,6,8H2,1,3-4H3,(H2,17,18)/t11-,13-,14-,16?/m1/s1. The summed E-state index contributed by atoms with van der Waals surface area (Å²) in [5.74, 6) is 0.636. The molecule has 0 aromatic carbocycles. The maximum atomic E-state index is 10.5. The van der Waals surface area contributed by atoms with Crippen LogP contribution in [0.3, 0.4) is 0 Å². The summed E-state index contributed by atoms with van der Waals surface area (Å²) in [6, 6.07) is 1.68. The lowest BCUT2D eigenvalue weighted by atomic mass is 10.1. The molecule has 0 amide bonds. The smallest absolute Gasteiger partial charge is 0.165 e. The molecule has 0 spiro atoms. The van der Waals surface area contributed by atoms with Gasteiger partial charge in [0.15, 0.2) is 11.9 Å². The van der Waals surface area contributed by atoms with Crippen molar-refractivity contribution in [3.63, 3.8) is 0 Å². The molecule has 4 atom stereocenters. The number of aryl methyl sites for hydroxylation is 1. The minimum absolute atomic E-state index is 0.427. The molecular weight excluding hydrogens is 327 g/mol. The van der Waals surface area contributed by atoms with Gasteiger partial charge in [-0.15, -0.1) is 13.2 Å². The average Bonchev–Trinajstić information content (AvgIpc) is 2.96. The number of aromatic nitrogens is 3. The van der Waals surface area contributed by atoms with Gasteiger partial charge in [-0.1, -0.05) is 0 Å². The highest BCUT2D eigenvalue weighted by atomic mass is 31.2. The van der Waals surface area contributed by atoms with Crippen LogP contribution >= 0.6 is 6.89 Å². The molecule has 0 radical (unpaired) electrons. The first-order valence-electron chi connectivity index (χ1n) is 7.97. The fourth-order valence-corrected chi connectivity index (χ4v) is 4.03. The summed E-state index contributed by atoms with van der Waals surface area (Å²) in [4.78, 5) is 8.75. The Kier molecular flexibility index (Phi) is 4.47. The van der Waals surface area contributed by atoms with Crippen LogP contribution < -0.4 is 5.73 Å². The van der Waals surface area contributed by atoms with Gasteiger partial charge < -0.3 is 20.7 Å². The second kappa shape index (κ2) is 6.15. The molecule has 24 heavy (non-hydrogen) atoms. The summed E-state index contributed by atoms with van der Waals surface area (Å²) in [7, 11) is 0. The first-order chi connectivity index (χ1) is 11.2. The summed E-state index contributed by atoms with van der Waals surface area (Å²) in [6.45, 7) is 4.87. The molecule has 3 rings (SSSR count). The van der Waals surface area contributed by atoms with E-state index in [0.717, 1.165) is 6.16 Å². The number of hydrogen-bond acceptors (Lipinski definition) is 6. The van der Waals surface area contributed by atoms with Gasteiger partial charge in [0.25, 0.3) is 0 Å². The SMILES string of the molecule is C=P(C)(C)CC[C@H]1OC(n2c(C)nc3c(N)ccnc32)[C@H](O)[C@@H]1O. The van der Waals surface area contributed by atoms with Crippen LogP contribution in [0.15, 0.2) is 12.3 Å². The fourth-order valence-electron chi connectivity index (χ4n) is 3.08.